The fourth-order valence-electron chi connectivity index (χ4n) is 2.75. The van der Waals surface area contributed by atoms with Crippen molar-refractivity contribution < 1.29 is 9.47 Å². The second kappa shape index (κ2) is 6.63. The lowest BCUT2D eigenvalue weighted by atomic mass is 10.1. The van der Waals surface area contributed by atoms with E-state index in [2.05, 4.69) is 10.1 Å². The van der Waals surface area contributed by atoms with Crippen LogP contribution in [0.25, 0.3) is 16.6 Å². The fourth-order valence-corrected chi connectivity index (χ4v) is 3.35. The quantitative estimate of drug-likeness (QED) is 0.700. The lowest BCUT2D eigenvalue weighted by molar-refractivity contribution is 0.137. The zero-order valence-electron chi connectivity index (χ0n) is 13.0. The summed E-state index contributed by atoms with van der Waals surface area (Å²) in [5.74, 6) is 0.364. The molecule has 1 aromatic carbocycles. The molecule has 0 bridgehead atoms. The van der Waals surface area contributed by atoms with E-state index in [9.17, 15) is 4.79 Å². The van der Waals surface area contributed by atoms with Crippen molar-refractivity contribution in [3.05, 3.63) is 57.1 Å². The van der Waals surface area contributed by atoms with Gasteiger partial charge in [0.1, 0.15) is 12.4 Å². The molecule has 128 valence electrons. The SMILES string of the molecule is O=c1cc2cc(-c3c(Cl)cccc3Cl)c(OC3CCOC3)nn2cn1. The van der Waals surface area contributed by atoms with Crippen molar-refractivity contribution >= 4 is 28.7 Å². The molecule has 0 aliphatic carbocycles. The van der Waals surface area contributed by atoms with Crippen LogP contribution in [-0.2, 0) is 4.74 Å². The molecule has 2 aromatic heterocycles. The first kappa shape index (κ1) is 16.3. The van der Waals surface area contributed by atoms with Crippen LogP contribution < -0.4 is 10.3 Å². The maximum absolute atomic E-state index is 11.6. The van der Waals surface area contributed by atoms with Gasteiger partial charge in [-0.1, -0.05) is 29.3 Å². The molecule has 1 aliphatic heterocycles. The first-order chi connectivity index (χ1) is 12.1. The maximum Gasteiger partial charge on any atom is 0.273 e. The average Bonchev–Trinajstić information content (AvgIpc) is 3.08. The molecule has 0 spiro atoms. The molecule has 1 saturated heterocycles. The van der Waals surface area contributed by atoms with Crippen LogP contribution >= 0.6 is 23.2 Å². The zero-order valence-corrected chi connectivity index (χ0v) is 14.5. The molecule has 0 saturated carbocycles. The molecule has 0 radical (unpaired) electrons. The van der Waals surface area contributed by atoms with Gasteiger partial charge in [-0.25, -0.2) is 4.52 Å². The van der Waals surface area contributed by atoms with Crippen molar-refractivity contribution in [1.82, 2.24) is 14.6 Å². The summed E-state index contributed by atoms with van der Waals surface area (Å²) in [7, 11) is 0. The van der Waals surface area contributed by atoms with Gasteiger partial charge in [0.15, 0.2) is 0 Å². The monoisotopic (exact) mass is 377 g/mol. The van der Waals surface area contributed by atoms with Crippen molar-refractivity contribution in [2.75, 3.05) is 13.2 Å². The molecular weight excluding hydrogens is 365 g/mol. The third kappa shape index (κ3) is 3.20. The molecule has 1 aliphatic rings. The van der Waals surface area contributed by atoms with Crippen LogP contribution in [0.1, 0.15) is 6.42 Å². The van der Waals surface area contributed by atoms with E-state index < -0.39 is 0 Å². The lowest BCUT2D eigenvalue weighted by Crippen LogP contribution is -2.18. The van der Waals surface area contributed by atoms with Gasteiger partial charge in [-0.3, -0.25) is 4.79 Å². The second-order valence-corrected chi connectivity index (χ2v) is 6.47. The number of benzene rings is 1. The number of rotatable bonds is 3. The number of hydrogen-bond acceptors (Lipinski definition) is 5. The summed E-state index contributed by atoms with van der Waals surface area (Å²) >= 11 is 12.7. The first-order valence-electron chi connectivity index (χ1n) is 7.70. The molecule has 0 N–H and O–H groups in total. The molecule has 25 heavy (non-hydrogen) atoms. The third-order valence-corrected chi connectivity index (χ3v) is 4.58. The molecular formula is C17H13Cl2N3O3. The van der Waals surface area contributed by atoms with Gasteiger partial charge >= 0.3 is 0 Å². The van der Waals surface area contributed by atoms with E-state index in [-0.39, 0.29) is 11.7 Å². The van der Waals surface area contributed by atoms with Crippen LogP contribution in [0.5, 0.6) is 5.88 Å². The summed E-state index contributed by atoms with van der Waals surface area (Å²) < 4.78 is 12.9. The minimum Gasteiger partial charge on any atom is -0.470 e. The largest absolute Gasteiger partial charge is 0.470 e. The molecule has 0 amide bonds. The summed E-state index contributed by atoms with van der Waals surface area (Å²) in [6, 6.07) is 8.42. The molecule has 6 nitrogen and oxygen atoms in total. The Morgan fingerprint density at radius 3 is 2.76 bits per heavy atom. The summed E-state index contributed by atoms with van der Waals surface area (Å²) in [5.41, 5.74) is 1.45. The number of ether oxygens (including phenoxy) is 2. The molecule has 1 atom stereocenters. The minimum atomic E-state index is -0.351. The minimum absolute atomic E-state index is 0.0997. The highest BCUT2D eigenvalue weighted by Gasteiger charge is 2.22. The van der Waals surface area contributed by atoms with E-state index >= 15 is 0 Å². The summed E-state index contributed by atoms with van der Waals surface area (Å²) in [4.78, 5) is 15.3. The Bertz CT molecular complexity index is 980. The van der Waals surface area contributed by atoms with Gasteiger partial charge in [-0.15, -0.1) is 5.10 Å². The van der Waals surface area contributed by atoms with E-state index in [0.717, 1.165) is 6.42 Å². The van der Waals surface area contributed by atoms with Gasteiger partial charge in [0.2, 0.25) is 5.88 Å². The fraction of sp³-hybridized carbons (Fsp3) is 0.235. The van der Waals surface area contributed by atoms with Gasteiger partial charge in [-0.05, 0) is 18.2 Å². The number of halogens is 2. The highest BCUT2D eigenvalue weighted by molar-refractivity contribution is 6.39. The van der Waals surface area contributed by atoms with Crippen LogP contribution in [0, 0.1) is 0 Å². The number of aromatic nitrogens is 3. The van der Waals surface area contributed by atoms with Crippen molar-refractivity contribution in [1.29, 1.82) is 0 Å². The van der Waals surface area contributed by atoms with Gasteiger partial charge in [0, 0.05) is 18.1 Å². The van der Waals surface area contributed by atoms with E-state index in [1.807, 2.05) is 0 Å². The Morgan fingerprint density at radius 2 is 2.04 bits per heavy atom. The van der Waals surface area contributed by atoms with Crippen LogP contribution in [0.4, 0.5) is 0 Å². The van der Waals surface area contributed by atoms with Gasteiger partial charge < -0.3 is 9.47 Å². The molecule has 3 aromatic rings. The Morgan fingerprint density at radius 1 is 1.24 bits per heavy atom. The van der Waals surface area contributed by atoms with Crippen LogP contribution in [0.2, 0.25) is 10.0 Å². The Kier molecular flexibility index (Phi) is 4.33. The van der Waals surface area contributed by atoms with Crippen molar-refractivity contribution in [2.45, 2.75) is 12.5 Å². The first-order valence-corrected chi connectivity index (χ1v) is 8.46. The Hall–Kier alpha value is -2.15. The zero-order chi connectivity index (χ0) is 17.4. The van der Waals surface area contributed by atoms with Crippen LogP contribution in [-0.4, -0.2) is 33.9 Å². The summed E-state index contributed by atoms with van der Waals surface area (Å²) in [5, 5.41) is 5.41. The van der Waals surface area contributed by atoms with E-state index in [1.54, 1.807) is 24.3 Å². The number of nitrogens with zero attached hydrogens (tertiary/aromatic N) is 3. The third-order valence-electron chi connectivity index (χ3n) is 3.95. The van der Waals surface area contributed by atoms with Crippen molar-refractivity contribution in [2.24, 2.45) is 0 Å². The Labute approximate surface area is 152 Å². The topological polar surface area (TPSA) is 65.7 Å². The van der Waals surface area contributed by atoms with Gasteiger partial charge in [0.25, 0.3) is 5.56 Å². The predicted molar refractivity (Wildman–Crippen MR) is 94.6 cm³/mol. The molecule has 3 heterocycles. The second-order valence-electron chi connectivity index (χ2n) is 5.66. The van der Waals surface area contributed by atoms with E-state index in [1.165, 1.54) is 16.9 Å². The summed E-state index contributed by atoms with van der Waals surface area (Å²) in [6.45, 7) is 1.15. The lowest BCUT2D eigenvalue weighted by Gasteiger charge is -2.17. The molecule has 1 fully saturated rings. The van der Waals surface area contributed by atoms with Crippen LogP contribution in [0.15, 0.2) is 41.5 Å². The molecule has 4 rings (SSSR count). The standard InChI is InChI=1S/C17H13Cl2N3O3/c18-13-2-1-3-14(19)16(13)12-6-10-7-15(23)20-9-22(10)21-17(12)25-11-4-5-24-8-11/h1-3,6-7,9,11H,4-5,8H2. The number of hydrogen-bond donors (Lipinski definition) is 0. The highest BCUT2D eigenvalue weighted by Crippen LogP contribution is 2.39. The average molecular weight is 378 g/mol. The van der Waals surface area contributed by atoms with Gasteiger partial charge in [0.05, 0.1) is 34.3 Å². The van der Waals surface area contributed by atoms with E-state index in [4.69, 9.17) is 32.7 Å². The number of fused-ring (bicyclic) bond motifs is 1. The van der Waals surface area contributed by atoms with Crippen molar-refractivity contribution in [3.8, 4) is 17.0 Å². The normalized spacial score (nSPS) is 17.1. The maximum atomic E-state index is 11.6. The summed E-state index contributed by atoms with van der Waals surface area (Å²) in [6.07, 6.45) is 2.03. The van der Waals surface area contributed by atoms with Crippen LogP contribution in [0.3, 0.4) is 0 Å². The molecule has 1 unspecified atom stereocenters. The van der Waals surface area contributed by atoms with Gasteiger partial charge in [-0.2, -0.15) is 4.98 Å². The smallest absolute Gasteiger partial charge is 0.273 e. The predicted octanol–water partition coefficient (Wildman–Crippen LogP) is 3.23. The highest BCUT2D eigenvalue weighted by atomic mass is 35.5. The molecule has 8 heteroatoms. The van der Waals surface area contributed by atoms with E-state index in [0.29, 0.717) is 45.8 Å². The Balaban J connectivity index is 1.93. The van der Waals surface area contributed by atoms with Crippen molar-refractivity contribution in [3.63, 3.8) is 0 Å².